The number of nitrogens with one attached hydrogen (secondary N) is 1. The molecular formula is C13H19N3O4. The molecule has 0 spiro atoms. The average Bonchev–Trinajstić information content (AvgIpc) is 2.47. The molecule has 1 aliphatic rings. The largest absolute Gasteiger partial charge is 0.489 e. The maximum absolute atomic E-state index is 11.8. The van der Waals surface area contributed by atoms with E-state index in [-0.39, 0.29) is 23.2 Å². The number of esters is 1. The lowest BCUT2D eigenvalue weighted by Crippen LogP contribution is -2.40. The van der Waals surface area contributed by atoms with Crippen LogP contribution in [0.15, 0.2) is 11.1 Å². The van der Waals surface area contributed by atoms with Gasteiger partial charge < -0.3 is 19.4 Å². The average molecular weight is 281 g/mol. The van der Waals surface area contributed by atoms with Crippen molar-refractivity contribution in [2.45, 2.75) is 19.8 Å². The Morgan fingerprint density at radius 1 is 1.60 bits per heavy atom. The van der Waals surface area contributed by atoms with E-state index < -0.39 is 0 Å². The van der Waals surface area contributed by atoms with Crippen molar-refractivity contribution in [2.75, 3.05) is 31.7 Å². The summed E-state index contributed by atoms with van der Waals surface area (Å²) in [4.78, 5) is 32.1. The van der Waals surface area contributed by atoms with Gasteiger partial charge in [-0.15, -0.1) is 0 Å². The van der Waals surface area contributed by atoms with Crippen LogP contribution in [0.2, 0.25) is 0 Å². The van der Waals surface area contributed by atoms with Crippen LogP contribution in [0.25, 0.3) is 0 Å². The molecule has 1 unspecified atom stereocenters. The van der Waals surface area contributed by atoms with E-state index in [1.54, 1.807) is 6.92 Å². The maximum Gasteiger partial charge on any atom is 0.310 e. The molecule has 1 aromatic rings. The normalized spacial score (nSPS) is 18.7. The van der Waals surface area contributed by atoms with Gasteiger partial charge in [-0.05, 0) is 19.8 Å². The molecule has 0 amide bonds. The van der Waals surface area contributed by atoms with Crippen LogP contribution in [0, 0.1) is 5.92 Å². The van der Waals surface area contributed by atoms with Gasteiger partial charge >= 0.3 is 5.97 Å². The quantitative estimate of drug-likeness (QED) is 0.812. The Labute approximate surface area is 116 Å². The van der Waals surface area contributed by atoms with Gasteiger partial charge in [0.05, 0.1) is 26.0 Å². The first-order valence-electron chi connectivity index (χ1n) is 6.70. The van der Waals surface area contributed by atoms with Gasteiger partial charge in [0.25, 0.3) is 5.56 Å². The SMILES string of the molecule is CCOC(=O)C1CCCN(c2nc[nH]c(=O)c2OC)C1. The molecule has 0 radical (unpaired) electrons. The van der Waals surface area contributed by atoms with Crippen molar-refractivity contribution in [1.29, 1.82) is 0 Å². The highest BCUT2D eigenvalue weighted by Crippen LogP contribution is 2.26. The predicted molar refractivity (Wildman–Crippen MR) is 73.0 cm³/mol. The van der Waals surface area contributed by atoms with Crippen molar-refractivity contribution in [2.24, 2.45) is 5.92 Å². The smallest absolute Gasteiger partial charge is 0.310 e. The van der Waals surface area contributed by atoms with Crippen molar-refractivity contribution in [3.8, 4) is 5.75 Å². The number of aromatic amines is 1. The minimum Gasteiger partial charge on any atom is -0.489 e. The number of H-pyrrole nitrogens is 1. The van der Waals surface area contributed by atoms with Crippen LogP contribution >= 0.6 is 0 Å². The number of piperidine rings is 1. The van der Waals surface area contributed by atoms with E-state index in [0.717, 1.165) is 19.4 Å². The highest BCUT2D eigenvalue weighted by molar-refractivity contribution is 5.73. The summed E-state index contributed by atoms with van der Waals surface area (Å²) >= 11 is 0. The fourth-order valence-electron chi connectivity index (χ4n) is 2.41. The number of hydrogen-bond donors (Lipinski definition) is 1. The molecule has 1 atom stereocenters. The minimum atomic E-state index is -0.323. The summed E-state index contributed by atoms with van der Waals surface area (Å²) in [6, 6.07) is 0. The minimum absolute atomic E-state index is 0.178. The molecular weight excluding hydrogens is 262 g/mol. The number of carbonyl (C=O) groups excluding carboxylic acids is 1. The number of nitrogens with zero attached hydrogens (tertiary/aromatic N) is 2. The molecule has 2 rings (SSSR count). The zero-order valence-electron chi connectivity index (χ0n) is 11.7. The van der Waals surface area contributed by atoms with Gasteiger partial charge in [0.15, 0.2) is 5.82 Å². The molecule has 0 saturated carbocycles. The summed E-state index contributed by atoms with van der Waals surface area (Å²) in [5.41, 5.74) is -0.323. The zero-order valence-corrected chi connectivity index (χ0v) is 11.7. The lowest BCUT2D eigenvalue weighted by atomic mass is 9.98. The first-order valence-corrected chi connectivity index (χ1v) is 6.70. The van der Waals surface area contributed by atoms with Crippen LogP contribution < -0.4 is 15.2 Å². The van der Waals surface area contributed by atoms with E-state index in [9.17, 15) is 9.59 Å². The molecule has 0 bridgehead atoms. The molecule has 1 N–H and O–H groups in total. The van der Waals surface area contributed by atoms with Crippen molar-refractivity contribution >= 4 is 11.8 Å². The van der Waals surface area contributed by atoms with Gasteiger partial charge in [0.2, 0.25) is 5.75 Å². The standard InChI is InChI=1S/C13H19N3O4/c1-3-20-13(18)9-5-4-6-16(7-9)11-10(19-2)12(17)15-8-14-11/h8-9H,3-7H2,1-2H3,(H,14,15,17). The number of anilines is 1. The molecule has 7 nitrogen and oxygen atoms in total. The van der Waals surface area contributed by atoms with Gasteiger partial charge in [-0.25, -0.2) is 4.98 Å². The predicted octanol–water partition coefficient (Wildman–Crippen LogP) is 0.558. The van der Waals surface area contributed by atoms with E-state index in [4.69, 9.17) is 9.47 Å². The Kier molecular flexibility index (Phi) is 4.60. The van der Waals surface area contributed by atoms with Crippen LogP contribution in [0.4, 0.5) is 5.82 Å². The Hall–Kier alpha value is -2.05. The molecule has 1 aromatic heterocycles. The van der Waals surface area contributed by atoms with Gasteiger partial charge in [-0.3, -0.25) is 9.59 Å². The highest BCUT2D eigenvalue weighted by Gasteiger charge is 2.29. The molecule has 20 heavy (non-hydrogen) atoms. The summed E-state index contributed by atoms with van der Waals surface area (Å²) in [7, 11) is 1.43. The number of ether oxygens (including phenoxy) is 2. The Bertz CT molecular complexity index is 529. The summed E-state index contributed by atoms with van der Waals surface area (Å²) in [6.07, 6.45) is 2.98. The van der Waals surface area contributed by atoms with Gasteiger partial charge in [0, 0.05) is 13.1 Å². The van der Waals surface area contributed by atoms with E-state index in [1.807, 2.05) is 4.90 Å². The molecule has 2 heterocycles. The molecule has 0 aromatic carbocycles. The van der Waals surface area contributed by atoms with E-state index in [2.05, 4.69) is 9.97 Å². The van der Waals surface area contributed by atoms with Crippen molar-refractivity contribution in [3.63, 3.8) is 0 Å². The first kappa shape index (κ1) is 14.4. The lowest BCUT2D eigenvalue weighted by molar-refractivity contribution is -0.148. The van der Waals surface area contributed by atoms with Gasteiger partial charge in [-0.1, -0.05) is 0 Å². The molecule has 1 saturated heterocycles. The highest BCUT2D eigenvalue weighted by atomic mass is 16.5. The first-order chi connectivity index (χ1) is 9.67. The number of carbonyl (C=O) groups is 1. The maximum atomic E-state index is 11.8. The Balaban J connectivity index is 2.19. The number of rotatable bonds is 4. The van der Waals surface area contributed by atoms with E-state index in [1.165, 1.54) is 13.4 Å². The second-order valence-electron chi connectivity index (χ2n) is 4.63. The van der Waals surface area contributed by atoms with Crippen LogP contribution in [0.3, 0.4) is 0 Å². The summed E-state index contributed by atoms with van der Waals surface area (Å²) in [5, 5.41) is 0. The van der Waals surface area contributed by atoms with E-state index >= 15 is 0 Å². The van der Waals surface area contributed by atoms with Crippen molar-refractivity contribution in [1.82, 2.24) is 9.97 Å². The third-order valence-corrected chi connectivity index (χ3v) is 3.34. The number of hydrogen-bond acceptors (Lipinski definition) is 6. The van der Waals surface area contributed by atoms with Crippen LogP contribution in [-0.2, 0) is 9.53 Å². The van der Waals surface area contributed by atoms with Crippen molar-refractivity contribution < 1.29 is 14.3 Å². The molecule has 0 aliphatic carbocycles. The Morgan fingerprint density at radius 3 is 3.10 bits per heavy atom. The number of methoxy groups -OCH3 is 1. The fraction of sp³-hybridized carbons (Fsp3) is 0.615. The summed E-state index contributed by atoms with van der Waals surface area (Å²) in [5.74, 6) is 0.276. The third-order valence-electron chi connectivity index (χ3n) is 3.34. The molecule has 1 aliphatic heterocycles. The van der Waals surface area contributed by atoms with E-state index in [0.29, 0.717) is 19.0 Å². The lowest BCUT2D eigenvalue weighted by Gasteiger charge is -2.32. The zero-order chi connectivity index (χ0) is 14.5. The van der Waals surface area contributed by atoms with Gasteiger partial charge in [0.1, 0.15) is 0 Å². The van der Waals surface area contributed by atoms with Crippen LogP contribution in [0.1, 0.15) is 19.8 Å². The fourth-order valence-corrected chi connectivity index (χ4v) is 2.41. The molecule has 7 heteroatoms. The second-order valence-corrected chi connectivity index (χ2v) is 4.63. The third kappa shape index (κ3) is 2.92. The van der Waals surface area contributed by atoms with Gasteiger partial charge in [-0.2, -0.15) is 0 Å². The monoisotopic (exact) mass is 281 g/mol. The topological polar surface area (TPSA) is 84.5 Å². The van der Waals surface area contributed by atoms with Crippen LogP contribution in [0.5, 0.6) is 5.75 Å². The second kappa shape index (κ2) is 6.40. The molecule has 110 valence electrons. The van der Waals surface area contributed by atoms with Crippen LogP contribution in [-0.4, -0.2) is 42.7 Å². The van der Waals surface area contributed by atoms with Crippen molar-refractivity contribution in [3.05, 3.63) is 16.7 Å². The summed E-state index contributed by atoms with van der Waals surface area (Å²) in [6.45, 7) is 3.40. The number of aromatic nitrogens is 2. The molecule has 1 fully saturated rings. The summed E-state index contributed by atoms with van der Waals surface area (Å²) < 4.78 is 10.2. The Morgan fingerprint density at radius 2 is 2.40 bits per heavy atom.